The first-order chi connectivity index (χ1) is 6.33. The largest absolute Gasteiger partial charge is 0.377 e. The van der Waals surface area contributed by atoms with Gasteiger partial charge in [0.2, 0.25) is 0 Å². The molecular formula is C8H11IN4S. The van der Waals surface area contributed by atoms with Crippen molar-refractivity contribution in [1.29, 1.82) is 0 Å². The maximum Gasteiger partial charge on any atom is 0.180 e. The highest BCUT2D eigenvalue weighted by Crippen LogP contribution is 1.92. The van der Waals surface area contributed by atoms with Crippen molar-refractivity contribution < 1.29 is 0 Å². The highest BCUT2D eigenvalue weighted by Gasteiger charge is 1.85. The normalized spacial score (nSPS) is 11.4. The molecule has 2 N–H and O–H groups in total. The Morgan fingerprint density at radius 3 is 2.93 bits per heavy atom. The predicted molar refractivity (Wildman–Crippen MR) is 72.4 cm³/mol. The van der Waals surface area contributed by atoms with E-state index in [4.69, 9.17) is 5.73 Å². The fraction of sp³-hybridized carbons (Fsp3) is 0.125. The number of nitrogens with two attached hydrogens (primary N) is 1. The minimum absolute atomic E-state index is 0. The van der Waals surface area contributed by atoms with Crippen LogP contribution in [0.2, 0.25) is 0 Å². The molecule has 0 radical (unpaired) electrons. The molecule has 0 atom stereocenters. The number of amidine groups is 1. The van der Waals surface area contributed by atoms with Crippen LogP contribution in [0, 0.1) is 0 Å². The van der Waals surface area contributed by atoms with E-state index in [0.717, 1.165) is 5.69 Å². The second-order valence-corrected chi connectivity index (χ2v) is 2.97. The van der Waals surface area contributed by atoms with Crippen LogP contribution in [0.5, 0.6) is 0 Å². The highest BCUT2D eigenvalue weighted by molar-refractivity contribution is 14.0. The van der Waals surface area contributed by atoms with Crippen molar-refractivity contribution in [3.63, 3.8) is 0 Å². The van der Waals surface area contributed by atoms with Crippen LogP contribution >= 0.6 is 35.7 Å². The number of thioether (sulfide) groups is 1. The number of hydrogen-bond acceptors (Lipinski definition) is 4. The van der Waals surface area contributed by atoms with E-state index in [0.29, 0.717) is 5.17 Å². The fourth-order valence-electron chi connectivity index (χ4n) is 0.638. The Labute approximate surface area is 104 Å². The van der Waals surface area contributed by atoms with Crippen molar-refractivity contribution in [2.45, 2.75) is 0 Å². The van der Waals surface area contributed by atoms with Gasteiger partial charge in [-0.15, -0.1) is 29.1 Å². The first-order valence-corrected chi connectivity index (χ1v) is 4.87. The van der Waals surface area contributed by atoms with E-state index in [1.165, 1.54) is 11.8 Å². The predicted octanol–water partition coefficient (Wildman–Crippen LogP) is 1.71. The third-order valence-electron chi connectivity index (χ3n) is 1.24. The molecule has 0 aliphatic heterocycles. The molecule has 0 amide bonds. The van der Waals surface area contributed by atoms with Gasteiger partial charge in [-0.2, -0.15) is 5.10 Å². The lowest BCUT2D eigenvalue weighted by Gasteiger charge is -1.89. The SMILES string of the molecule is CSC(N)=NN=Cc1ccccn1.I. The summed E-state index contributed by atoms with van der Waals surface area (Å²) in [6.07, 6.45) is 5.10. The number of aromatic nitrogens is 1. The van der Waals surface area contributed by atoms with E-state index in [9.17, 15) is 0 Å². The van der Waals surface area contributed by atoms with Crippen molar-refractivity contribution in [3.05, 3.63) is 30.1 Å². The Morgan fingerprint density at radius 2 is 2.36 bits per heavy atom. The number of halogens is 1. The summed E-state index contributed by atoms with van der Waals surface area (Å²) in [4.78, 5) is 4.04. The third kappa shape index (κ3) is 5.18. The lowest BCUT2D eigenvalue weighted by molar-refractivity contribution is 1.23. The molecule has 6 heteroatoms. The molecule has 14 heavy (non-hydrogen) atoms. The van der Waals surface area contributed by atoms with Crippen molar-refractivity contribution in [2.24, 2.45) is 15.9 Å². The minimum atomic E-state index is 0. The summed E-state index contributed by atoms with van der Waals surface area (Å²) in [5.74, 6) is 0. The molecule has 76 valence electrons. The zero-order chi connectivity index (χ0) is 9.52. The van der Waals surface area contributed by atoms with E-state index in [-0.39, 0.29) is 24.0 Å². The summed E-state index contributed by atoms with van der Waals surface area (Å²) in [7, 11) is 0. The van der Waals surface area contributed by atoms with Crippen LogP contribution in [0.25, 0.3) is 0 Å². The van der Waals surface area contributed by atoms with E-state index in [1.54, 1.807) is 12.4 Å². The lowest BCUT2D eigenvalue weighted by Crippen LogP contribution is -2.03. The molecule has 0 saturated heterocycles. The summed E-state index contributed by atoms with van der Waals surface area (Å²) in [5.41, 5.74) is 6.18. The Morgan fingerprint density at radius 1 is 1.57 bits per heavy atom. The van der Waals surface area contributed by atoms with Gasteiger partial charge in [0.05, 0.1) is 11.9 Å². The van der Waals surface area contributed by atoms with Gasteiger partial charge in [0.25, 0.3) is 0 Å². The highest BCUT2D eigenvalue weighted by atomic mass is 127. The van der Waals surface area contributed by atoms with Crippen LogP contribution in [-0.4, -0.2) is 22.6 Å². The van der Waals surface area contributed by atoms with Crippen LogP contribution in [0.15, 0.2) is 34.6 Å². The van der Waals surface area contributed by atoms with Gasteiger partial charge in [0, 0.05) is 6.20 Å². The lowest BCUT2D eigenvalue weighted by atomic mass is 10.4. The van der Waals surface area contributed by atoms with Gasteiger partial charge in [0.1, 0.15) is 0 Å². The van der Waals surface area contributed by atoms with E-state index < -0.39 is 0 Å². The topological polar surface area (TPSA) is 63.6 Å². The van der Waals surface area contributed by atoms with E-state index in [1.807, 2.05) is 24.5 Å². The molecule has 0 spiro atoms. The van der Waals surface area contributed by atoms with Crippen LogP contribution in [-0.2, 0) is 0 Å². The Kier molecular flexibility index (Phi) is 7.40. The molecule has 1 aromatic heterocycles. The summed E-state index contributed by atoms with van der Waals surface area (Å²) in [6, 6.07) is 5.57. The molecule has 1 heterocycles. The van der Waals surface area contributed by atoms with Gasteiger partial charge < -0.3 is 5.73 Å². The van der Waals surface area contributed by atoms with Crippen LogP contribution < -0.4 is 5.73 Å². The van der Waals surface area contributed by atoms with Crippen molar-refractivity contribution in [1.82, 2.24) is 4.98 Å². The zero-order valence-corrected chi connectivity index (χ0v) is 10.8. The average Bonchev–Trinajstić information content (AvgIpc) is 2.19. The van der Waals surface area contributed by atoms with Gasteiger partial charge in [0.15, 0.2) is 5.17 Å². The maximum atomic E-state index is 5.42. The number of pyridine rings is 1. The molecule has 0 fully saturated rings. The van der Waals surface area contributed by atoms with Gasteiger partial charge in [-0.05, 0) is 18.4 Å². The first kappa shape index (κ1) is 13.4. The summed E-state index contributed by atoms with van der Waals surface area (Å²) >= 11 is 1.35. The number of nitrogens with zero attached hydrogens (tertiary/aromatic N) is 3. The Bertz CT molecular complexity index is 312. The quantitative estimate of drug-likeness (QED) is 0.390. The minimum Gasteiger partial charge on any atom is -0.377 e. The monoisotopic (exact) mass is 322 g/mol. The summed E-state index contributed by atoms with van der Waals surface area (Å²) in [6.45, 7) is 0. The summed E-state index contributed by atoms with van der Waals surface area (Å²) in [5, 5.41) is 7.93. The van der Waals surface area contributed by atoms with E-state index in [2.05, 4.69) is 15.2 Å². The molecule has 1 rings (SSSR count). The van der Waals surface area contributed by atoms with E-state index >= 15 is 0 Å². The number of hydrogen-bond donors (Lipinski definition) is 1. The summed E-state index contributed by atoms with van der Waals surface area (Å²) < 4.78 is 0. The average molecular weight is 322 g/mol. The Balaban J connectivity index is 0.00000169. The smallest absolute Gasteiger partial charge is 0.180 e. The standard InChI is InChI=1S/C8H10N4S.HI/c1-13-8(9)12-11-6-7-4-2-3-5-10-7;/h2-6H,1H3,(H2,9,12);1H. The van der Waals surface area contributed by atoms with Crippen LogP contribution in [0.3, 0.4) is 0 Å². The Hall–Kier alpha value is -0.630. The second-order valence-electron chi connectivity index (χ2n) is 2.14. The van der Waals surface area contributed by atoms with Crippen LogP contribution in [0.1, 0.15) is 5.69 Å². The first-order valence-electron chi connectivity index (χ1n) is 3.64. The van der Waals surface area contributed by atoms with Gasteiger partial charge in [-0.25, -0.2) is 0 Å². The van der Waals surface area contributed by atoms with Crippen molar-refractivity contribution in [2.75, 3.05) is 6.26 Å². The number of rotatable bonds is 2. The fourth-order valence-corrected chi connectivity index (χ4v) is 0.767. The molecular weight excluding hydrogens is 311 g/mol. The molecule has 0 saturated carbocycles. The molecule has 1 aromatic rings. The zero-order valence-electron chi connectivity index (χ0n) is 7.62. The molecule has 4 nitrogen and oxygen atoms in total. The maximum absolute atomic E-state index is 5.42. The van der Waals surface area contributed by atoms with Crippen molar-refractivity contribution in [3.8, 4) is 0 Å². The third-order valence-corrected chi connectivity index (χ3v) is 1.74. The van der Waals surface area contributed by atoms with Gasteiger partial charge >= 0.3 is 0 Å². The molecule has 0 aromatic carbocycles. The molecule has 0 aliphatic rings. The molecule has 0 bridgehead atoms. The van der Waals surface area contributed by atoms with Crippen molar-refractivity contribution >= 4 is 47.1 Å². The van der Waals surface area contributed by atoms with Crippen LogP contribution in [0.4, 0.5) is 0 Å². The molecule has 0 unspecified atom stereocenters. The van der Waals surface area contributed by atoms with Gasteiger partial charge in [-0.1, -0.05) is 17.8 Å². The van der Waals surface area contributed by atoms with Gasteiger partial charge in [-0.3, -0.25) is 4.98 Å². The molecule has 0 aliphatic carbocycles. The second kappa shape index (κ2) is 7.74.